The first kappa shape index (κ1) is 17.3. The second kappa shape index (κ2) is 6.74. The van der Waals surface area contributed by atoms with Crippen LogP contribution in [0.1, 0.15) is 49.4 Å². The molecule has 0 radical (unpaired) electrons. The molecule has 1 atom stereocenters. The fraction of sp³-hybridized carbons (Fsp3) is 0.625. The molecule has 0 bridgehead atoms. The van der Waals surface area contributed by atoms with E-state index in [2.05, 4.69) is 5.32 Å². The lowest BCUT2D eigenvalue weighted by atomic mass is 10.1. The average Bonchev–Trinajstić information content (AvgIpc) is 2.99. The van der Waals surface area contributed by atoms with Crippen molar-refractivity contribution in [1.29, 1.82) is 0 Å². The maximum Gasteiger partial charge on any atom is 0.471 e. The van der Waals surface area contributed by atoms with Crippen molar-refractivity contribution in [1.82, 2.24) is 10.2 Å². The van der Waals surface area contributed by atoms with Crippen molar-refractivity contribution in [2.75, 3.05) is 0 Å². The van der Waals surface area contributed by atoms with Crippen molar-refractivity contribution in [2.24, 2.45) is 0 Å². The molecule has 24 heavy (non-hydrogen) atoms. The van der Waals surface area contributed by atoms with E-state index >= 15 is 0 Å². The van der Waals surface area contributed by atoms with Gasteiger partial charge in [0, 0.05) is 17.0 Å². The van der Waals surface area contributed by atoms with E-state index in [1.807, 2.05) is 0 Å². The third-order valence-corrected chi connectivity index (χ3v) is 5.38. The lowest BCUT2D eigenvalue weighted by Gasteiger charge is -2.31. The third-order valence-electron chi connectivity index (χ3n) is 4.46. The van der Waals surface area contributed by atoms with Gasteiger partial charge in [-0.2, -0.15) is 13.2 Å². The van der Waals surface area contributed by atoms with Gasteiger partial charge in [0.25, 0.3) is 0 Å². The summed E-state index contributed by atoms with van der Waals surface area (Å²) >= 11 is 1.20. The Bertz CT molecular complexity index is 593. The highest BCUT2D eigenvalue weighted by Crippen LogP contribution is 2.39. The summed E-state index contributed by atoms with van der Waals surface area (Å²) in [6.07, 6.45) is -0.309. The number of carbonyl (C=O) groups excluding carboxylic acids is 2. The van der Waals surface area contributed by atoms with Crippen molar-refractivity contribution in [3.63, 3.8) is 0 Å². The van der Waals surface area contributed by atoms with Gasteiger partial charge in [0.1, 0.15) is 6.04 Å². The summed E-state index contributed by atoms with van der Waals surface area (Å²) in [6.45, 7) is 0. The maximum atomic E-state index is 13.0. The van der Waals surface area contributed by atoms with Crippen LogP contribution < -0.4 is 5.32 Å². The fourth-order valence-electron chi connectivity index (χ4n) is 3.18. The second-order valence-corrected chi connectivity index (χ2v) is 7.33. The predicted molar refractivity (Wildman–Crippen MR) is 83.4 cm³/mol. The van der Waals surface area contributed by atoms with Crippen LogP contribution in [-0.2, 0) is 9.59 Å². The van der Waals surface area contributed by atoms with E-state index in [1.165, 1.54) is 11.3 Å². The van der Waals surface area contributed by atoms with Crippen LogP contribution >= 0.6 is 11.3 Å². The van der Waals surface area contributed by atoms with Crippen molar-refractivity contribution < 1.29 is 22.8 Å². The monoisotopic (exact) mass is 360 g/mol. The molecule has 2 fully saturated rings. The molecule has 1 N–H and O–H groups in total. The van der Waals surface area contributed by atoms with E-state index in [-0.39, 0.29) is 6.04 Å². The van der Waals surface area contributed by atoms with Gasteiger partial charge in [0.15, 0.2) is 0 Å². The Hall–Kier alpha value is -1.57. The summed E-state index contributed by atoms with van der Waals surface area (Å²) in [5, 5.41) is 4.55. The molecule has 0 aromatic carbocycles. The van der Waals surface area contributed by atoms with Crippen LogP contribution in [0.2, 0.25) is 0 Å². The molecule has 1 aromatic heterocycles. The molecule has 2 amide bonds. The van der Waals surface area contributed by atoms with E-state index < -0.39 is 30.1 Å². The molecule has 2 saturated carbocycles. The minimum Gasteiger partial charge on any atom is -0.351 e. The molecule has 1 aromatic rings. The first-order chi connectivity index (χ1) is 11.4. The Morgan fingerprint density at radius 3 is 2.38 bits per heavy atom. The summed E-state index contributed by atoms with van der Waals surface area (Å²) in [4.78, 5) is 25.9. The van der Waals surface area contributed by atoms with Crippen LogP contribution in [0.15, 0.2) is 17.5 Å². The Kier molecular flexibility index (Phi) is 4.85. The highest BCUT2D eigenvalue weighted by molar-refractivity contribution is 7.10. The molecular formula is C16H19F3N2O2S. The van der Waals surface area contributed by atoms with Gasteiger partial charge in [-0.3, -0.25) is 9.59 Å². The fourth-order valence-corrected chi connectivity index (χ4v) is 4.00. The zero-order valence-electron chi connectivity index (χ0n) is 13.0. The summed E-state index contributed by atoms with van der Waals surface area (Å²) in [5.74, 6) is -2.43. The number of halogens is 3. The van der Waals surface area contributed by atoms with E-state index in [1.54, 1.807) is 17.5 Å². The molecular weight excluding hydrogens is 341 g/mol. The molecule has 132 valence electrons. The third kappa shape index (κ3) is 3.74. The van der Waals surface area contributed by atoms with Gasteiger partial charge >= 0.3 is 12.1 Å². The molecule has 3 rings (SSSR count). The molecule has 1 unspecified atom stereocenters. The molecule has 2 aliphatic carbocycles. The number of hydrogen-bond donors (Lipinski definition) is 1. The number of rotatable bonds is 5. The number of thiophene rings is 1. The SMILES string of the molecule is O=C(NC1CCCC1)C(c1cccs1)N(C(=O)C(F)(F)F)C1CC1. The maximum absolute atomic E-state index is 13.0. The molecule has 0 spiro atoms. The Morgan fingerprint density at radius 1 is 1.21 bits per heavy atom. The van der Waals surface area contributed by atoms with E-state index in [0.29, 0.717) is 17.7 Å². The minimum absolute atomic E-state index is 0.0120. The first-order valence-corrected chi connectivity index (χ1v) is 8.99. The zero-order valence-corrected chi connectivity index (χ0v) is 13.8. The second-order valence-electron chi connectivity index (χ2n) is 6.35. The summed E-state index contributed by atoms with van der Waals surface area (Å²) in [5.41, 5.74) is 0. The molecule has 4 nitrogen and oxygen atoms in total. The average molecular weight is 360 g/mol. The van der Waals surface area contributed by atoms with Crippen molar-refractivity contribution >= 4 is 23.2 Å². The Balaban J connectivity index is 1.87. The Labute approximate surface area is 142 Å². The van der Waals surface area contributed by atoms with E-state index in [4.69, 9.17) is 0 Å². The largest absolute Gasteiger partial charge is 0.471 e. The highest BCUT2D eigenvalue weighted by Gasteiger charge is 2.51. The number of nitrogens with zero attached hydrogens (tertiary/aromatic N) is 1. The van der Waals surface area contributed by atoms with Crippen molar-refractivity contribution in [2.45, 2.75) is 62.8 Å². The number of amides is 2. The standard InChI is InChI=1S/C16H19F3N2O2S/c17-16(18,19)15(23)21(11-7-8-11)13(12-6-3-9-24-12)14(22)20-10-4-1-2-5-10/h3,6,9-11,13H,1-2,4-5,7-8H2,(H,20,22). The van der Waals surface area contributed by atoms with Gasteiger partial charge < -0.3 is 10.2 Å². The lowest BCUT2D eigenvalue weighted by molar-refractivity contribution is -0.189. The lowest BCUT2D eigenvalue weighted by Crippen LogP contribution is -2.50. The smallest absolute Gasteiger partial charge is 0.351 e. The highest BCUT2D eigenvalue weighted by atomic mass is 32.1. The van der Waals surface area contributed by atoms with Crippen LogP contribution in [-0.4, -0.2) is 35.0 Å². The van der Waals surface area contributed by atoms with E-state index in [0.717, 1.165) is 30.6 Å². The van der Waals surface area contributed by atoms with Crippen LogP contribution in [0.3, 0.4) is 0 Å². The van der Waals surface area contributed by atoms with Gasteiger partial charge in [-0.05, 0) is 37.1 Å². The number of hydrogen-bond acceptors (Lipinski definition) is 3. The van der Waals surface area contributed by atoms with Gasteiger partial charge in [-0.25, -0.2) is 0 Å². The molecule has 2 aliphatic rings. The van der Waals surface area contributed by atoms with Crippen molar-refractivity contribution in [3.05, 3.63) is 22.4 Å². The van der Waals surface area contributed by atoms with Gasteiger partial charge in [0.2, 0.25) is 5.91 Å². The topological polar surface area (TPSA) is 49.4 Å². The van der Waals surface area contributed by atoms with Crippen LogP contribution in [0.5, 0.6) is 0 Å². The zero-order chi connectivity index (χ0) is 17.3. The van der Waals surface area contributed by atoms with Crippen LogP contribution in [0.4, 0.5) is 13.2 Å². The van der Waals surface area contributed by atoms with Gasteiger partial charge in [-0.15, -0.1) is 11.3 Å². The summed E-state index contributed by atoms with van der Waals surface area (Å²) < 4.78 is 39.1. The van der Waals surface area contributed by atoms with E-state index in [9.17, 15) is 22.8 Å². The number of nitrogens with one attached hydrogen (secondary N) is 1. The Morgan fingerprint density at radius 2 is 1.88 bits per heavy atom. The quantitative estimate of drug-likeness (QED) is 0.875. The minimum atomic E-state index is -4.98. The van der Waals surface area contributed by atoms with Crippen LogP contribution in [0, 0.1) is 0 Å². The summed E-state index contributed by atoms with van der Waals surface area (Å²) in [7, 11) is 0. The summed E-state index contributed by atoms with van der Waals surface area (Å²) in [6, 6.07) is 1.57. The van der Waals surface area contributed by atoms with Gasteiger partial charge in [-0.1, -0.05) is 18.9 Å². The number of carbonyl (C=O) groups is 2. The van der Waals surface area contributed by atoms with Crippen molar-refractivity contribution in [3.8, 4) is 0 Å². The molecule has 1 heterocycles. The predicted octanol–water partition coefficient (Wildman–Crippen LogP) is 3.40. The number of alkyl halides is 3. The van der Waals surface area contributed by atoms with Gasteiger partial charge in [0.05, 0.1) is 0 Å². The first-order valence-electron chi connectivity index (χ1n) is 8.11. The van der Waals surface area contributed by atoms with Crippen LogP contribution in [0.25, 0.3) is 0 Å². The molecule has 0 aliphatic heterocycles. The molecule has 0 saturated heterocycles. The normalized spacial score (nSPS) is 20.0. The molecule has 8 heteroatoms.